The summed E-state index contributed by atoms with van der Waals surface area (Å²) in [5.41, 5.74) is 4.77. The van der Waals surface area contributed by atoms with Crippen LogP contribution in [0.25, 0.3) is 0 Å². The van der Waals surface area contributed by atoms with E-state index in [9.17, 15) is 4.79 Å². The second-order valence-corrected chi connectivity index (χ2v) is 6.16. The van der Waals surface area contributed by atoms with E-state index in [2.05, 4.69) is 31.4 Å². The van der Waals surface area contributed by atoms with Crippen LogP contribution in [0.4, 0.5) is 0 Å². The summed E-state index contributed by atoms with van der Waals surface area (Å²) in [5.74, 6) is 0.382. The Morgan fingerprint density at radius 3 is 2.76 bits per heavy atom. The van der Waals surface area contributed by atoms with Crippen LogP contribution in [0.3, 0.4) is 0 Å². The summed E-state index contributed by atoms with van der Waals surface area (Å²) >= 11 is 3.44. The van der Waals surface area contributed by atoms with Crippen molar-refractivity contribution < 1.29 is 9.53 Å². The van der Waals surface area contributed by atoms with E-state index in [-0.39, 0.29) is 5.91 Å². The third kappa shape index (κ3) is 4.81. The second kappa shape index (κ2) is 8.30. The Morgan fingerprint density at radius 1 is 1.16 bits per heavy atom. The van der Waals surface area contributed by atoms with Gasteiger partial charge in [-0.25, -0.2) is 5.43 Å². The molecule has 25 heavy (non-hydrogen) atoms. The zero-order chi connectivity index (χ0) is 17.5. The maximum absolute atomic E-state index is 11.9. The fraction of sp³-hybridized carbons (Fsp3) is 0.0526. The van der Waals surface area contributed by atoms with Crippen molar-refractivity contribution >= 4 is 28.1 Å². The van der Waals surface area contributed by atoms with Gasteiger partial charge in [-0.3, -0.25) is 4.79 Å². The molecule has 2 N–H and O–H groups in total. The van der Waals surface area contributed by atoms with Crippen LogP contribution in [0.15, 0.2) is 76.4 Å². The van der Waals surface area contributed by atoms with Gasteiger partial charge < -0.3 is 9.72 Å². The minimum atomic E-state index is -0.303. The molecule has 1 amide bonds. The van der Waals surface area contributed by atoms with Crippen LogP contribution in [0.5, 0.6) is 5.75 Å². The molecule has 0 radical (unpaired) electrons. The van der Waals surface area contributed by atoms with Gasteiger partial charge in [0.2, 0.25) is 0 Å². The molecule has 3 aromatic rings. The van der Waals surface area contributed by atoms with Crippen molar-refractivity contribution in [3.05, 3.63) is 88.2 Å². The van der Waals surface area contributed by atoms with E-state index in [0.717, 1.165) is 15.6 Å². The lowest BCUT2D eigenvalue weighted by Gasteiger charge is -2.09. The van der Waals surface area contributed by atoms with Gasteiger partial charge in [0.15, 0.2) is 0 Å². The lowest BCUT2D eigenvalue weighted by molar-refractivity contribution is 0.0951. The van der Waals surface area contributed by atoms with Crippen molar-refractivity contribution in [1.29, 1.82) is 0 Å². The predicted molar refractivity (Wildman–Crippen MR) is 101 cm³/mol. The number of H-pyrrole nitrogens is 1. The van der Waals surface area contributed by atoms with Gasteiger partial charge in [-0.2, -0.15) is 5.10 Å². The van der Waals surface area contributed by atoms with Crippen LogP contribution in [0, 0.1) is 0 Å². The first-order valence-corrected chi connectivity index (χ1v) is 8.45. The van der Waals surface area contributed by atoms with E-state index in [1.807, 2.05) is 48.5 Å². The zero-order valence-electron chi connectivity index (χ0n) is 13.3. The van der Waals surface area contributed by atoms with E-state index in [1.165, 1.54) is 0 Å². The first kappa shape index (κ1) is 17.0. The van der Waals surface area contributed by atoms with Crippen LogP contribution in [0.1, 0.15) is 21.6 Å². The Hall–Kier alpha value is -2.86. The highest BCUT2D eigenvalue weighted by Crippen LogP contribution is 2.22. The number of nitrogens with zero attached hydrogens (tertiary/aromatic N) is 1. The van der Waals surface area contributed by atoms with Crippen molar-refractivity contribution in [3.8, 4) is 5.75 Å². The molecule has 0 fully saturated rings. The van der Waals surface area contributed by atoms with E-state index >= 15 is 0 Å². The van der Waals surface area contributed by atoms with Gasteiger partial charge in [0, 0.05) is 16.2 Å². The number of ether oxygens (including phenoxy) is 1. The highest BCUT2D eigenvalue weighted by Gasteiger charge is 2.06. The largest absolute Gasteiger partial charge is 0.488 e. The van der Waals surface area contributed by atoms with E-state index < -0.39 is 0 Å². The number of amides is 1. The Labute approximate surface area is 153 Å². The average Bonchev–Trinajstić information content (AvgIpc) is 3.16. The van der Waals surface area contributed by atoms with Gasteiger partial charge in [-0.05, 0) is 35.9 Å². The summed E-state index contributed by atoms with van der Waals surface area (Å²) in [6, 6.07) is 19.0. The second-order valence-electron chi connectivity index (χ2n) is 5.24. The Bertz CT molecular complexity index is 862. The minimum absolute atomic E-state index is 0.303. The fourth-order valence-electron chi connectivity index (χ4n) is 2.18. The molecule has 0 bridgehead atoms. The summed E-state index contributed by atoms with van der Waals surface area (Å²) in [6.45, 7) is 0.456. The molecular formula is C19H16BrN3O2. The van der Waals surface area contributed by atoms with Crippen molar-refractivity contribution in [2.24, 2.45) is 5.10 Å². The standard InChI is InChI=1S/C19H16BrN3O2/c20-16-8-9-18(25-13-14-5-2-1-3-6-14)15(11-16)12-22-23-19(24)17-7-4-10-21-17/h1-12,21H,13H2,(H,23,24)/b22-12-. The first-order chi connectivity index (χ1) is 12.2. The predicted octanol–water partition coefficient (Wildman–Crippen LogP) is 4.12. The van der Waals surface area contributed by atoms with Gasteiger partial charge in [-0.15, -0.1) is 0 Å². The third-order valence-electron chi connectivity index (χ3n) is 3.42. The molecule has 1 aromatic heterocycles. The molecule has 6 heteroatoms. The van der Waals surface area contributed by atoms with E-state index in [0.29, 0.717) is 18.1 Å². The molecule has 0 atom stereocenters. The van der Waals surface area contributed by atoms with Gasteiger partial charge >= 0.3 is 0 Å². The third-order valence-corrected chi connectivity index (χ3v) is 3.91. The SMILES string of the molecule is O=C(N/N=C\c1cc(Br)ccc1OCc1ccccc1)c1ccc[nH]1. The number of aromatic nitrogens is 1. The normalized spacial score (nSPS) is 10.8. The van der Waals surface area contributed by atoms with E-state index in [4.69, 9.17) is 4.74 Å². The monoisotopic (exact) mass is 397 g/mol. The number of hydrazone groups is 1. The van der Waals surface area contributed by atoms with Crippen LogP contribution < -0.4 is 10.2 Å². The zero-order valence-corrected chi connectivity index (χ0v) is 14.9. The molecule has 2 aromatic carbocycles. The van der Waals surface area contributed by atoms with Crippen molar-refractivity contribution in [2.45, 2.75) is 6.61 Å². The number of benzene rings is 2. The topological polar surface area (TPSA) is 66.5 Å². The number of nitrogens with one attached hydrogen (secondary N) is 2. The number of carbonyl (C=O) groups excluding carboxylic acids is 1. The smallest absolute Gasteiger partial charge is 0.287 e. The summed E-state index contributed by atoms with van der Waals surface area (Å²) < 4.78 is 6.78. The molecule has 0 aliphatic carbocycles. The lowest BCUT2D eigenvalue weighted by atomic mass is 10.2. The summed E-state index contributed by atoms with van der Waals surface area (Å²) in [5, 5.41) is 4.01. The minimum Gasteiger partial charge on any atom is -0.488 e. The highest BCUT2D eigenvalue weighted by atomic mass is 79.9. The molecule has 0 aliphatic rings. The van der Waals surface area contributed by atoms with Gasteiger partial charge in [-0.1, -0.05) is 46.3 Å². The number of rotatable bonds is 6. The van der Waals surface area contributed by atoms with Gasteiger partial charge in [0.25, 0.3) is 5.91 Å². The molecule has 0 aliphatic heterocycles. The summed E-state index contributed by atoms with van der Waals surface area (Å²) in [4.78, 5) is 14.7. The Balaban J connectivity index is 1.68. The van der Waals surface area contributed by atoms with Crippen LogP contribution >= 0.6 is 15.9 Å². The van der Waals surface area contributed by atoms with Gasteiger partial charge in [0.1, 0.15) is 18.1 Å². The van der Waals surface area contributed by atoms with Crippen molar-refractivity contribution in [1.82, 2.24) is 10.4 Å². The maximum atomic E-state index is 11.9. The quantitative estimate of drug-likeness (QED) is 0.485. The lowest BCUT2D eigenvalue weighted by Crippen LogP contribution is -2.17. The Kier molecular flexibility index (Phi) is 5.64. The number of hydrogen-bond donors (Lipinski definition) is 2. The summed E-state index contributed by atoms with van der Waals surface area (Å²) in [7, 11) is 0. The van der Waals surface area contributed by atoms with Crippen LogP contribution in [0.2, 0.25) is 0 Å². The molecule has 0 unspecified atom stereocenters. The van der Waals surface area contributed by atoms with Gasteiger partial charge in [0.05, 0.1) is 6.21 Å². The number of halogens is 1. The molecular weight excluding hydrogens is 382 g/mol. The molecule has 0 saturated heterocycles. The number of aromatic amines is 1. The molecule has 5 nitrogen and oxygen atoms in total. The number of hydrogen-bond acceptors (Lipinski definition) is 3. The van der Waals surface area contributed by atoms with E-state index in [1.54, 1.807) is 24.5 Å². The Morgan fingerprint density at radius 2 is 2.00 bits per heavy atom. The highest BCUT2D eigenvalue weighted by molar-refractivity contribution is 9.10. The maximum Gasteiger partial charge on any atom is 0.287 e. The fourth-order valence-corrected chi connectivity index (χ4v) is 2.56. The molecule has 0 saturated carbocycles. The molecule has 3 rings (SSSR count). The summed E-state index contributed by atoms with van der Waals surface area (Å²) in [6.07, 6.45) is 3.24. The van der Waals surface area contributed by atoms with Crippen LogP contribution in [-0.4, -0.2) is 17.1 Å². The first-order valence-electron chi connectivity index (χ1n) is 7.65. The molecule has 0 spiro atoms. The van der Waals surface area contributed by atoms with Crippen LogP contribution in [-0.2, 0) is 6.61 Å². The van der Waals surface area contributed by atoms with Crippen molar-refractivity contribution in [3.63, 3.8) is 0 Å². The average molecular weight is 398 g/mol. The molecule has 126 valence electrons. The van der Waals surface area contributed by atoms with Crippen molar-refractivity contribution in [2.75, 3.05) is 0 Å². The number of carbonyl (C=O) groups is 1. The molecule has 1 heterocycles.